The molecular weight excluding hydrogens is 468 g/mol. The van der Waals surface area contributed by atoms with Gasteiger partial charge in [0.05, 0.1) is 18.6 Å². The maximum absolute atomic E-state index is 14.4. The van der Waals surface area contributed by atoms with Crippen molar-refractivity contribution in [2.45, 2.75) is 26.9 Å². The van der Waals surface area contributed by atoms with Crippen molar-refractivity contribution in [1.82, 2.24) is 20.2 Å². The highest BCUT2D eigenvalue weighted by molar-refractivity contribution is 14.0. The van der Waals surface area contributed by atoms with E-state index in [9.17, 15) is 4.39 Å². The molecule has 148 valence electrons. The number of aryl methyl sites for hydroxylation is 1. The highest BCUT2D eigenvalue weighted by atomic mass is 127. The summed E-state index contributed by atoms with van der Waals surface area (Å²) in [6.07, 6.45) is 4.92. The van der Waals surface area contributed by atoms with Crippen LogP contribution in [0.4, 0.5) is 4.39 Å². The first-order chi connectivity index (χ1) is 13.2. The Hall–Kier alpha value is -2.42. The largest absolute Gasteiger partial charge is 0.357 e. The van der Waals surface area contributed by atoms with Gasteiger partial charge in [-0.05, 0) is 42.7 Å². The lowest BCUT2D eigenvalue weighted by molar-refractivity contribution is 0.615. The Morgan fingerprint density at radius 3 is 2.68 bits per heavy atom. The van der Waals surface area contributed by atoms with E-state index in [-0.39, 0.29) is 29.8 Å². The van der Waals surface area contributed by atoms with Crippen molar-refractivity contribution in [3.63, 3.8) is 0 Å². The molecule has 0 saturated heterocycles. The van der Waals surface area contributed by atoms with Crippen LogP contribution in [0.3, 0.4) is 0 Å². The van der Waals surface area contributed by atoms with E-state index in [1.807, 2.05) is 25.1 Å². The van der Waals surface area contributed by atoms with E-state index in [0.29, 0.717) is 24.7 Å². The molecule has 0 amide bonds. The zero-order valence-electron chi connectivity index (χ0n) is 16.0. The Kier molecular flexibility index (Phi) is 8.43. The Morgan fingerprint density at radius 1 is 1.18 bits per heavy atom. The van der Waals surface area contributed by atoms with Crippen molar-refractivity contribution >= 4 is 29.9 Å². The molecule has 5 nitrogen and oxygen atoms in total. The van der Waals surface area contributed by atoms with E-state index in [4.69, 9.17) is 0 Å². The standard InChI is InChI=1S/C21H24FN5.HI/c1-3-24-21(26-14-18-7-5-4-6-16(18)2)25-13-17-8-9-20(19(22)12-17)27-11-10-23-15-27;/h4-12,15H,3,13-14H2,1-2H3,(H2,24,25,26);1H. The van der Waals surface area contributed by atoms with E-state index in [0.717, 1.165) is 12.1 Å². The molecular formula is C21H25FIN5. The molecule has 1 heterocycles. The van der Waals surface area contributed by atoms with Crippen LogP contribution in [0.1, 0.15) is 23.6 Å². The Labute approximate surface area is 182 Å². The smallest absolute Gasteiger partial charge is 0.191 e. The number of nitrogens with zero attached hydrogens (tertiary/aromatic N) is 3. The number of hydrogen-bond donors (Lipinski definition) is 2. The monoisotopic (exact) mass is 493 g/mol. The molecule has 2 aromatic carbocycles. The number of aromatic nitrogens is 2. The van der Waals surface area contributed by atoms with E-state index in [2.05, 4.69) is 39.7 Å². The minimum atomic E-state index is -0.293. The highest BCUT2D eigenvalue weighted by Crippen LogP contribution is 2.15. The van der Waals surface area contributed by atoms with Gasteiger partial charge < -0.3 is 15.2 Å². The molecule has 3 aromatic rings. The summed E-state index contributed by atoms with van der Waals surface area (Å²) in [6, 6.07) is 13.4. The summed E-state index contributed by atoms with van der Waals surface area (Å²) >= 11 is 0. The van der Waals surface area contributed by atoms with Gasteiger partial charge in [0, 0.05) is 25.5 Å². The van der Waals surface area contributed by atoms with Gasteiger partial charge in [-0.1, -0.05) is 30.3 Å². The van der Waals surface area contributed by atoms with Crippen LogP contribution in [-0.2, 0) is 13.1 Å². The molecule has 0 bridgehead atoms. The molecule has 28 heavy (non-hydrogen) atoms. The first-order valence-electron chi connectivity index (χ1n) is 9.01. The number of imidazole rings is 1. The number of rotatable bonds is 6. The predicted molar refractivity (Wildman–Crippen MR) is 122 cm³/mol. The van der Waals surface area contributed by atoms with Crippen LogP contribution in [0, 0.1) is 12.7 Å². The Morgan fingerprint density at radius 2 is 2.00 bits per heavy atom. The number of halogens is 2. The normalized spacial score (nSPS) is 11.0. The van der Waals surface area contributed by atoms with Crippen LogP contribution < -0.4 is 10.6 Å². The second-order valence-corrected chi connectivity index (χ2v) is 6.23. The molecule has 0 aliphatic carbocycles. The van der Waals surface area contributed by atoms with Crippen LogP contribution in [0.25, 0.3) is 5.69 Å². The van der Waals surface area contributed by atoms with E-state index in [1.165, 1.54) is 17.2 Å². The lowest BCUT2D eigenvalue weighted by Crippen LogP contribution is -2.36. The molecule has 0 radical (unpaired) electrons. The molecule has 3 rings (SSSR count). The van der Waals surface area contributed by atoms with Gasteiger partial charge in [0.25, 0.3) is 0 Å². The van der Waals surface area contributed by atoms with Gasteiger partial charge in [0.15, 0.2) is 5.96 Å². The first kappa shape index (κ1) is 21.9. The van der Waals surface area contributed by atoms with E-state index in [1.54, 1.807) is 29.4 Å². The van der Waals surface area contributed by atoms with Crippen LogP contribution in [0.2, 0.25) is 0 Å². The summed E-state index contributed by atoms with van der Waals surface area (Å²) in [6.45, 7) is 5.94. The summed E-state index contributed by atoms with van der Waals surface area (Å²) in [5.41, 5.74) is 3.74. The van der Waals surface area contributed by atoms with Gasteiger partial charge in [-0.2, -0.15) is 0 Å². The van der Waals surface area contributed by atoms with Gasteiger partial charge in [0.1, 0.15) is 5.82 Å². The summed E-state index contributed by atoms with van der Waals surface area (Å²) in [5.74, 6) is 0.415. The molecule has 0 atom stereocenters. The van der Waals surface area contributed by atoms with E-state index < -0.39 is 0 Å². The maximum atomic E-state index is 14.4. The number of nitrogens with one attached hydrogen (secondary N) is 2. The summed E-state index contributed by atoms with van der Waals surface area (Å²) in [7, 11) is 0. The van der Waals surface area contributed by atoms with Crippen LogP contribution in [0.5, 0.6) is 0 Å². The third-order valence-electron chi connectivity index (χ3n) is 4.27. The topological polar surface area (TPSA) is 54.2 Å². The van der Waals surface area contributed by atoms with Crippen molar-refractivity contribution in [3.8, 4) is 5.69 Å². The molecule has 1 aromatic heterocycles. The molecule has 7 heteroatoms. The molecule has 0 unspecified atom stereocenters. The minimum Gasteiger partial charge on any atom is -0.357 e. The lowest BCUT2D eigenvalue weighted by atomic mass is 10.1. The summed E-state index contributed by atoms with van der Waals surface area (Å²) < 4.78 is 16.0. The van der Waals surface area contributed by atoms with Crippen LogP contribution in [0.15, 0.2) is 66.2 Å². The van der Waals surface area contributed by atoms with Gasteiger partial charge >= 0.3 is 0 Å². The SMILES string of the molecule is CCNC(=NCc1ccc(-n2ccnc2)c(F)c1)NCc1ccccc1C.I. The van der Waals surface area contributed by atoms with Gasteiger partial charge in [-0.25, -0.2) is 14.4 Å². The average molecular weight is 493 g/mol. The number of guanidine groups is 1. The molecule has 0 aliphatic rings. The maximum Gasteiger partial charge on any atom is 0.191 e. The Balaban J connectivity index is 0.00000280. The fourth-order valence-corrected chi connectivity index (χ4v) is 2.76. The molecule has 0 aliphatic heterocycles. The van der Waals surface area contributed by atoms with Crippen molar-refractivity contribution in [2.24, 2.45) is 4.99 Å². The fourth-order valence-electron chi connectivity index (χ4n) is 2.76. The van der Waals surface area contributed by atoms with Crippen molar-refractivity contribution in [2.75, 3.05) is 6.54 Å². The zero-order valence-corrected chi connectivity index (χ0v) is 18.4. The van der Waals surface area contributed by atoms with E-state index >= 15 is 0 Å². The van der Waals surface area contributed by atoms with Gasteiger partial charge in [-0.15, -0.1) is 24.0 Å². The van der Waals surface area contributed by atoms with Crippen molar-refractivity contribution in [1.29, 1.82) is 0 Å². The predicted octanol–water partition coefficient (Wildman–Crippen LogP) is 4.19. The summed E-state index contributed by atoms with van der Waals surface area (Å²) in [4.78, 5) is 8.52. The second-order valence-electron chi connectivity index (χ2n) is 6.23. The zero-order chi connectivity index (χ0) is 19.1. The number of benzene rings is 2. The average Bonchev–Trinajstić information content (AvgIpc) is 3.19. The van der Waals surface area contributed by atoms with Crippen molar-refractivity contribution in [3.05, 3.63) is 83.7 Å². The van der Waals surface area contributed by atoms with Crippen LogP contribution >= 0.6 is 24.0 Å². The molecule has 0 spiro atoms. The molecule has 0 fully saturated rings. The van der Waals surface area contributed by atoms with Gasteiger partial charge in [0.2, 0.25) is 0 Å². The molecule has 0 saturated carbocycles. The fraction of sp³-hybridized carbons (Fsp3) is 0.238. The van der Waals surface area contributed by atoms with Gasteiger partial charge in [-0.3, -0.25) is 0 Å². The third kappa shape index (κ3) is 5.79. The highest BCUT2D eigenvalue weighted by Gasteiger charge is 2.06. The molecule has 2 N–H and O–H groups in total. The third-order valence-corrected chi connectivity index (χ3v) is 4.27. The summed E-state index contributed by atoms with van der Waals surface area (Å²) in [5, 5.41) is 6.55. The Bertz CT molecular complexity index is 909. The van der Waals surface area contributed by atoms with Crippen molar-refractivity contribution < 1.29 is 4.39 Å². The number of hydrogen-bond acceptors (Lipinski definition) is 2. The van der Waals surface area contributed by atoms with Crippen LogP contribution in [-0.4, -0.2) is 22.1 Å². The minimum absolute atomic E-state index is 0. The quantitative estimate of drug-likeness (QED) is 0.308. The first-order valence-corrected chi connectivity index (χ1v) is 9.01. The number of aliphatic imine (C=N–C) groups is 1. The second kappa shape index (κ2) is 10.8. The lowest BCUT2D eigenvalue weighted by Gasteiger charge is -2.13.